The van der Waals surface area contributed by atoms with Crippen molar-refractivity contribution in [2.75, 3.05) is 10.6 Å². The van der Waals surface area contributed by atoms with Crippen LogP contribution in [0.2, 0.25) is 0 Å². The van der Waals surface area contributed by atoms with Crippen molar-refractivity contribution in [3.8, 4) is 5.69 Å². The average Bonchev–Trinajstić information content (AvgIpc) is 3.06. The van der Waals surface area contributed by atoms with Gasteiger partial charge in [0.1, 0.15) is 0 Å². The van der Waals surface area contributed by atoms with Crippen molar-refractivity contribution in [3.05, 3.63) is 46.3 Å². The second kappa shape index (κ2) is 8.84. The third kappa shape index (κ3) is 5.64. The maximum Gasteiger partial charge on any atom is 0.416 e. The minimum Gasteiger partial charge on any atom is -0.365 e. The Hall–Kier alpha value is -3.55. The highest BCUT2D eigenvalue weighted by molar-refractivity contribution is 5.60. The number of nitrogens with one attached hydrogen (secondary N) is 3. The van der Waals surface area contributed by atoms with Crippen LogP contribution in [0.1, 0.15) is 46.1 Å². The Bertz CT molecular complexity index is 1310. The second-order valence-electron chi connectivity index (χ2n) is 10.2. The monoisotopic (exact) mass is 509 g/mol. The lowest BCUT2D eigenvalue weighted by atomic mass is 9.79. The molecule has 14 heteroatoms. The summed E-state index contributed by atoms with van der Waals surface area (Å²) in [5.41, 5.74) is -2.38. The zero-order valence-corrected chi connectivity index (χ0v) is 20.4. The maximum atomic E-state index is 14.6. The Balaban J connectivity index is 1.65. The number of piperidine rings is 1. The van der Waals surface area contributed by atoms with E-state index in [0.717, 1.165) is 27.7 Å². The molecule has 1 saturated heterocycles. The molecule has 0 amide bonds. The largest absolute Gasteiger partial charge is 0.416 e. The van der Waals surface area contributed by atoms with Crippen LogP contribution in [0.4, 0.5) is 35.0 Å². The molecular weight excluding hydrogens is 482 g/mol. The number of hydrogen-bond donors (Lipinski definition) is 3. The normalized spacial score (nSPS) is 17.7. The predicted molar refractivity (Wildman–Crippen MR) is 125 cm³/mol. The molecule has 4 rings (SSSR count). The summed E-state index contributed by atoms with van der Waals surface area (Å²) in [5, 5.41) is 16.5. The fourth-order valence-electron chi connectivity index (χ4n) is 4.72. The molecule has 0 radical (unpaired) electrons. The lowest BCUT2D eigenvalue weighted by Crippen LogP contribution is -2.60. The fourth-order valence-corrected chi connectivity index (χ4v) is 4.72. The topological polar surface area (TPSA) is 115 Å². The van der Waals surface area contributed by atoms with Crippen LogP contribution >= 0.6 is 0 Å². The van der Waals surface area contributed by atoms with Gasteiger partial charge in [0, 0.05) is 29.9 Å². The number of aromatic nitrogens is 6. The molecule has 1 aliphatic rings. The molecule has 3 aromatic rings. The minimum absolute atomic E-state index is 0.0663. The number of alkyl halides is 3. The smallest absolute Gasteiger partial charge is 0.365 e. The van der Waals surface area contributed by atoms with Crippen LogP contribution in [0.25, 0.3) is 5.69 Å². The van der Waals surface area contributed by atoms with Crippen LogP contribution < -0.4 is 21.6 Å². The Morgan fingerprint density at radius 3 is 2.33 bits per heavy atom. The Kier molecular flexibility index (Phi) is 6.27. The van der Waals surface area contributed by atoms with Gasteiger partial charge in [-0.25, -0.2) is 14.2 Å². The molecule has 2 aromatic heterocycles. The van der Waals surface area contributed by atoms with Gasteiger partial charge in [0.05, 0.1) is 17.4 Å². The molecule has 1 fully saturated rings. The van der Waals surface area contributed by atoms with E-state index in [4.69, 9.17) is 0 Å². The van der Waals surface area contributed by atoms with Crippen LogP contribution in [-0.4, -0.2) is 46.9 Å². The molecule has 36 heavy (non-hydrogen) atoms. The molecule has 0 bridgehead atoms. The first-order valence-electron chi connectivity index (χ1n) is 11.2. The van der Waals surface area contributed by atoms with Gasteiger partial charge < -0.3 is 16.0 Å². The highest BCUT2D eigenvalue weighted by Gasteiger charge is 2.38. The lowest BCUT2D eigenvalue weighted by Gasteiger charge is -2.46. The Morgan fingerprint density at radius 2 is 1.75 bits per heavy atom. The number of rotatable bonds is 5. The summed E-state index contributed by atoms with van der Waals surface area (Å²) in [7, 11) is 1.32. The van der Waals surface area contributed by atoms with Gasteiger partial charge in [0.2, 0.25) is 5.95 Å². The third-order valence-corrected chi connectivity index (χ3v) is 5.74. The summed E-state index contributed by atoms with van der Waals surface area (Å²) in [5.74, 6) is -0.878. The van der Waals surface area contributed by atoms with Crippen molar-refractivity contribution in [2.45, 2.75) is 63.8 Å². The molecule has 0 saturated carbocycles. The van der Waals surface area contributed by atoms with Gasteiger partial charge in [-0.15, -0.1) is 0 Å². The third-order valence-electron chi connectivity index (χ3n) is 5.74. The van der Waals surface area contributed by atoms with Crippen LogP contribution in [-0.2, 0) is 13.2 Å². The zero-order chi connectivity index (χ0) is 26.5. The van der Waals surface area contributed by atoms with E-state index in [1.54, 1.807) is 0 Å². The quantitative estimate of drug-likeness (QED) is 0.449. The van der Waals surface area contributed by atoms with E-state index >= 15 is 0 Å². The highest BCUT2D eigenvalue weighted by atomic mass is 19.4. The van der Waals surface area contributed by atoms with Crippen LogP contribution in [0.5, 0.6) is 0 Å². The molecule has 0 atom stereocenters. The second-order valence-corrected chi connectivity index (χ2v) is 10.2. The first kappa shape index (κ1) is 25.5. The SMILES string of the molecule is Cn1nnn(-c2cc(Nc3ncc(F)c(NC4CC(C)(C)NC(C)(C)C4)n3)cc(C(F)(F)F)c2)c1=O. The van der Waals surface area contributed by atoms with E-state index in [1.807, 2.05) is 0 Å². The molecule has 3 N–H and O–H groups in total. The molecule has 0 spiro atoms. The number of nitrogens with zero attached hydrogens (tertiary/aromatic N) is 6. The summed E-state index contributed by atoms with van der Waals surface area (Å²) in [4.78, 5) is 20.2. The Labute approximate surface area is 204 Å². The first-order chi connectivity index (χ1) is 16.6. The number of hydrogen-bond acceptors (Lipinski definition) is 8. The van der Waals surface area contributed by atoms with Gasteiger partial charge in [-0.2, -0.15) is 27.5 Å². The molecule has 10 nitrogen and oxygen atoms in total. The van der Waals surface area contributed by atoms with Crippen molar-refractivity contribution in [1.29, 1.82) is 0 Å². The molecule has 1 aromatic carbocycles. The summed E-state index contributed by atoms with van der Waals surface area (Å²) >= 11 is 0. The van der Waals surface area contributed by atoms with Crippen molar-refractivity contribution in [3.63, 3.8) is 0 Å². The van der Waals surface area contributed by atoms with E-state index in [-0.39, 0.29) is 40.3 Å². The summed E-state index contributed by atoms with van der Waals surface area (Å²) < 4.78 is 56.9. The van der Waals surface area contributed by atoms with E-state index in [2.05, 4.69) is 64.0 Å². The summed E-state index contributed by atoms with van der Waals surface area (Å²) in [6.07, 6.45) is -2.36. The van der Waals surface area contributed by atoms with Gasteiger partial charge in [0.25, 0.3) is 0 Å². The highest BCUT2D eigenvalue weighted by Crippen LogP contribution is 2.34. The maximum absolute atomic E-state index is 14.6. The number of anilines is 3. The molecule has 0 aliphatic carbocycles. The van der Waals surface area contributed by atoms with Crippen molar-refractivity contribution in [1.82, 2.24) is 35.1 Å². The number of aryl methyl sites for hydroxylation is 1. The van der Waals surface area contributed by atoms with Crippen molar-refractivity contribution < 1.29 is 17.6 Å². The molecule has 1 aliphatic heterocycles. The Morgan fingerprint density at radius 1 is 1.08 bits per heavy atom. The van der Waals surface area contributed by atoms with Crippen LogP contribution in [0, 0.1) is 5.82 Å². The summed E-state index contributed by atoms with van der Waals surface area (Å²) in [6.45, 7) is 8.22. The van der Waals surface area contributed by atoms with E-state index in [9.17, 15) is 22.4 Å². The van der Waals surface area contributed by atoms with E-state index < -0.39 is 23.2 Å². The van der Waals surface area contributed by atoms with Gasteiger partial charge in [-0.1, -0.05) is 0 Å². The van der Waals surface area contributed by atoms with E-state index in [1.165, 1.54) is 13.1 Å². The summed E-state index contributed by atoms with van der Waals surface area (Å²) in [6, 6.07) is 2.78. The standard InChI is InChI=1S/C22H27F4N9O/c1-20(2)9-14(10-21(3,4)31-20)28-17-16(23)11-27-18(30-17)29-13-6-12(22(24,25)26)7-15(8-13)35-19(36)34(5)32-33-35/h6-8,11,14,31H,9-10H2,1-5H3,(H2,27,28,29,30). The minimum atomic E-state index is -4.71. The number of benzene rings is 1. The van der Waals surface area contributed by atoms with Crippen molar-refractivity contribution >= 4 is 17.5 Å². The molecule has 194 valence electrons. The van der Waals surface area contributed by atoms with Gasteiger partial charge in [-0.05, 0) is 69.2 Å². The van der Waals surface area contributed by atoms with Crippen LogP contribution in [0.3, 0.4) is 0 Å². The molecular formula is C22H27F4N9O. The van der Waals surface area contributed by atoms with Gasteiger partial charge in [0.15, 0.2) is 11.6 Å². The fraction of sp³-hybridized carbons (Fsp3) is 0.500. The van der Waals surface area contributed by atoms with Crippen molar-refractivity contribution in [2.24, 2.45) is 7.05 Å². The average molecular weight is 510 g/mol. The molecule has 3 heterocycles. The predicted octanol–water partition coefficient (Wildman–Crippen LogP) is 3.38. The van der Waals surface area contributed by atoms with Crippen LogP contribution in [0.15, 0.2) is 29.2 Å². The number of halogens is 4. The zero-order valence-electron chi connectivity index (χ0n) is 20.4. The molecule has 0 unspecified atom stereocenters. The number of tetrazole rings is 1. The van der Waals surface area contributed by atoms with Gasteiger partial charge in [-0.3, -0.25) is 0 Å². The lowest BCUT2D eigenvalue weighted by molar-refractivity contribution is -0.137. The van der Waals surface area contributed by atoms with E-state index in [0.29, 0.717) is 12.8 Å². The van der Waals surface area contributed by atoms with Gasteiger partial charge >= 0.3 is 11.9 Å². The first-order valence-corrected chi connectivity index (χ1v) is 11.2.